The number of nitrogens with zero attached hydrogens (tertiary/aromatic N) is 1. The number of rotatable bonds is 1. The van der Waals surface area contributed by atoms with Gasteiger partial charge in [0.2, 0.25) is 0 Å². The Morgan fingerprint density at radius 1 is 1.42 bits per heavy atom. The summed E-state index contributed by atoms with van der Waals surface area (Å²) in [6.45, 7) is 0. The van der Waals surface area contributed by atoms with Crippen LogP contribution in [0, 0.1) is 7.27 Å². The maximum Gasteiger partial charge on any atom is 0.266 e. The third kappa shape index (κ3) is 2.38. The Morgan fingerprint density at radius 2 is 2.00 bits per heavy atom. The molecule has 6 heteroatoms. The molecule has 0 unspecified atom stereocenters. The summed E-state index contributed by atoms with van der Waals surface area (Å²) in [4.78, 5) is 3.76. The number of alkyl halides is 2. The van der Waals surface area contributed by atoms with Gasteiger partial charge in [0, 0.05) is 3.57 Å². The predicted octanol–water partition coefficient (Wildman–Crippen LogP) is 3.88. The summed E-state index contributed by atoms with van der Waals surface area (Å²) in [5, 5.41) is -0.116. The molecule has 1 aromatic heterocycles. The molecule has 0 saturated carbocycles. The van der Waals surface area contributed by atoms with Gasteiger partial charge in [0.05, 0.1) is 5.56 Å². The smallest absolute Gasteiger partial charge is 0.229 e. The molecular formula is C6H2ClF2I2N. The molecule has 0 aliphatic rings. The highest BCUT2D eigenvalue weighted by Crippen LogP contribution is 2.28. The SMILES string of the molecule is FC(F)c1cc(I)c(I)nc1Cl. The maximum atomic E-state index is 12.2. The van der Waals surface area contributed by atoms with E-state index >= 15 is 0 Å². The molecule has 12 heavy (non-hydrogen) atoms. The van der Waals surface area contributed by atoms with Gasteiger partial charge in [0.15, 0.2) is 0 Å². The van der Waals surface area contributed by atoms with E-state index in [0.717, 1.165) is 0 Å². The van der Waals surface area contributed by atoms with Crippen molar-refractivity contribution in [2.45, 2.75) is 6.43 Å². The van der Waals surface area contributed by atoms with Crippen molar-refractivity contribution in [3.8, 4) is 0 Å². The zero-order valence-electron chi connectivity index (χ0n) is 5.49. The van der Waals surface area contributed by atoms with Crippen molar-refractivity contribution in [2.75, 3.05) is 0 Å². The van der Waals surface area contributed by atoms with Crippen molar-refractivity contribution >= 4 is 56.8 Å². The molecule has 0 fully saturated rings. The Morgan fingerprint density at radius 3 is 2.50 bits per heavy atom. The van der Waals surface area contributed by atoms with Crippen LogP contribution in [0.3, 0.4) is 0 Å². The predicted molar refractivity (Wildman–Crippen MR) is 59.6 cm³/mol. The largest absolute Gasteiger partial charge is 0.266 e. The highest BCUT2D eigenvalue weighted by atomic mass is 127. The van der Waals surface area contributed by atoms with Crippen LogP contribution in [-0.2, 0) is 0 Å². The molecule has 0 N–H and O–H groups in total. The topological polar surface area (TPSA) is 12.9 Å². The fourth-order valence-corrected chi connectivity index (χ4v) is 1.83. The third-order valence-corrected chi connectivity index (χ3v) is 4.13. The highest BCUT2D eigenvalue weighted by molar-refractivity contribution is 14.1. The minimum atomic E-state index is -2.56. The lowest BCUT2D eigenvalue weighted by atomic mass is 10.3. The molecular weight excluding hydrogens is 413 g/mol. The Labute approximate surface area is 100 Å². The van der Waals surface area contributed by atoms with Gasteiger partial charge in [0.25, 0.3) is 6.43 Å². The third-order valence-electron chi connectivity index (χ3n) is 1.15. The lowest BCUT2D eigenvalue weighted by Crippen LogP contribution is -1.94. The van der Waals surface area contributed by atoms with E-state index in [-0.39, 0.29) is 10.7 Å². The Hall–Kier alpha value is 0.760. The molecule has 66 valence electrons. The lowest BCUT2D eigenvalue weighted by molar-refractivity contribution is 0.151. The molecule has 1 nitrogen and oxygen atoms in total. The molecule has 0 bridgehead atoms. The van der Waals surface area contributed by atoms with Crippen molar-refractivity contribution < 1.29 is 8.78 Å². The summed E-state index contributed by atoms with van der Waals surface area (Å²) in [6.07, 6.45) is -2.56. The van der Waals surface area contributed by atoms with E-state index in [2.05, 4.69) is 4.98 Å². The van der Waals surface area contributed by atoms with Crippen molar-refractivity contribution in [2.24, 2.45) is 0 Å². The molecule has 0 radical (unpaired) electrons. The second-order valence-corrected chi connectivity index (χ2v) is 4.48. The van der Waals surface area contributed by atoms with E-state index < -0.39 is 6.43 Å². The molecule has 0 aliphatic carbocycles. The van der Waals surface area contributed by atoms with Crippen LogP contribution in [0.5, 0.6) is 0 Å². The average Bonchev–Trinajstić information content (AvgIpc) is 1.96. The number of hydrogen-bond acceptors (Lipinski definition) is 1. The Balaban J connectivity index is 3.23. The standard InChI is InChI=1S/C6H2ClF2I2N/c7-4-2(5(8)9)1-3(10)6(11)12-4/h1,5H. The number of pyridine rings is 1. The first-order chi connectivity index (χ1) is 5.52. The van der Waals surface area contributed by atoms with Gasteiger partial charge in [0.1, 0.15) is 8.85 Å². The van der Waals surface area contributed by atoms with Crippen molar-refractivity contribution in [1.29, 1.82) is 0 Å². The Bertz CT molecular complexity index is 306. The first-order valence-corrected chi connectivity index (χ1v) is 5.35. The maximum absolute atomic E-state index is 12.2. The van der Waals surface area contributed by atoms with Crippen LogP contribution in [0.2, 0.25) is 5.15 Å². The minimum absolute atomic E-state index is 0.116. The van der Waals surface area contributed by atoms with Crippen molar-refractivity contribution in [1.82, 2.24) is 4.98 Å². The molecule has 0 amide bonds. The number of aromatic nitrogens is 1. The van der Waals surface area contributed by atoms with Gasteiger partial charge in [-0.15, -0.1) is 0 Å². The minimum Gasteiger partial charge on any atom is -0.229 e. The lowest BCUT2D eigenvalue weighted by Gasteiger charge is -2.03. The summed E-state index contributed by atoms with van der Waals surface area (Å²) in [6, 6.07) is 1.35. The highest BCUT2D eigenvalue weighted by Gasteiger charge is 2.14. The van der Waals surface area contributed by atoms with Crippen LogP contribution in [0.4, 0.5) is 8.78 Å². The molecule has 0 atom stereocenters. The van der Waals surface area contributed by atoms with E-state index in [1.54, 1.807) is 0 Å². The molecule has 0 aromatic carbocycles. The first-order valence-electron chi connectivity index (χ1n) is 2.82. The van der Waals surface area contributed by atoms with E-state index in [1.165, 1.54) is 6.07 Å². The zero-order valence-corrected chi connectivity index (χ0v) is 10.6. The molecule has 0 spiro atoms. The first kappa shape index (κ1) is 10.8. The fraction of sp³-hybridized carbons (Fsp3) is 0.167. The van der Waals surface area contributed by atoms with E-state index in [0.29, 0.717) is 7.27 Å². The van der Waals surface area contributed by atoms with Crippen LogP contribution < -0.4 is 0 Å². The van der Waals surface area contributed by atoms with Gasteiger partial charge >= 0.3 is 0 Å². The summed E-state index contributed by atoms with van der Waals surface area (Å²) in [7, 11) is 0. The van der Waals surface area contributed by atoms with Gasteiger partial charge in [-0.3, -0.25) is 0 Å². The van der Waals surface area contributed by atoms with Gasteiger partial charge in [-0.05, 0) is 51.2 Å². The monoisotopic (exact) mass is 415 g/mol. The summed E-state index contributed by atoms with van der Waals surface area (Å²) >= 11 is 9.38. The van der Waals surface area contributed by atoms with E-state index in [9.17, 15) is 8.78 Å². The van der Waals surface area contributed by atoms with Crippen LogP contribution in [0.15, 0.2) is 6.07 Å². The van der Waals surface area contributed by atoms with Gasteiger partial charge in [-0.1, -0.05) is 11.6 Å². The van der Waals surface area contributed by atoms with Gasteiger partial charge in [-0.25, -0.2) is 13.8 Å². The molecule has 1 aromatic rings. The molecule has 0 aliphatic heterocycles. The summed E-state index contributed by atoms with van der Waals surface area (Å²) < 4.78 is 25.7. The summed E-state index contributed by atoms with van der Waals surface area (Å²) in [5.74, 6) is 0. The average molecular weight is 415 g/mol. The zero-order chi connectivity index (χ0) is 9.30. The van der Waals surface area contributed by atoms with E-state index in [4.69, 9.17) is 11.6 Å². The quantitative estimate of drug-likeness (QED) is 0.501. The molecule has 1 rings (SSSR count). The van der Waals surface area contributed by atoms with Crippen LogP contribution in [0.1, 0.15) is 12.0 Å². The second kappa shape index (κ2) is 4.32. The fourth-order valence-electron chi connectivity index (χ4n) is 0.613. The normalized spacial score (nSPS) is 10.8. The number of halogens is 5. The van der Waals surface area contributed by atoms with Gasteiger partial charge < -0.3 is 0 Å². The van der Waals surface area contributed by atoms with Crippen molar-refractivity contribution in [3.63, 3.8) is 0 Å². The summed E-state index contributed by atoms with van der Waals surface area (Å²) in [5.41, 5.74) is -0.207. The van der Waals surface area contributed by atoms with Crippen LogP contribution in [-0.4, -0.2) is 4.98 Å². The van der Waals surface area contributed by atoms with Gasteiger partial charge in [-0.2, -0.15) is 0 Å². The van der Waals surface area contributed by atoms with Crippen LogP contribution in [0.25, 0.3) is 0 Å². The number of hydrogen-bond donors (Lipinski definition) is 0. The van der Waals surface area contributed by atoms with Crippen molar-refractivity contribution in [3.05, 3.63) is 24.1 Å². The molecule has 1 heterocycles. The van der Waals surface area contributed by atoms with Crippen LogP contribution >= 0.6 is 56.8 Å². The molecule has 0 saturated heterocycles. The Kier molecular flexibility index (Phi) is 3.90. The second-order valence-electron chi connectivity index (χ2n) is 1.94. The van der Waals surface area contributed by atoms with E-state index in [1.807, 2.05) is 45.2 Å².